The molecule has 0 saturated carbocycles. The van der Waals surface area contributed by atoms with Crippen molar-refractivity contribution in [3.63, 3.8) is 0 Å². The molecule has 0 aliphatic rings. The second kappa shape index (κ2) is 4.73. The van der Waals surface area contributed by atoms with Gasteiger partial charge in [0.2, 0.25) is 0 Å². The van der Waals surface area contributed by atoms with Crippen molar-refractivity contribution in [2.45, 2.75) is 0 Å². The van der Waals surface area contributed by atoms with E-state index in [1.54, 1.807) is 0 Å². The topological polar surface area (TPSA) is 107 Å². The Kier molecular flexibility index (Phi) is 3.11. The van der Waals surface area contributed by atoms with E-state index in [2.05, 4.69) is 0 Å². The van der Waals surface area contributed by atoms with Gasteiger partial charge in [0.25, 0.3) is 11.4 Å². The molecule has 0 fully saturated rings. The molecule has 0 aliphatic heterocycles. The maximum atomic E-state index is 10.5. The SMILES string of the molecule is O=[N+]([O-])c1ccc(-c2ccc([N+](=O)[O-])cc2O)cc1. The van der Waals surface area contributed by atoms with Gasteiger partial charge in [0.15, 0.2) is 0 Å². The van der Waals surface area contributed by atoms with Gasteiger partial charge in [-0.2, -0.15) is 0 Å². The van der Waals surface area contributed by atoms with Gasteiger partial charge >= 0.3 is 0 Å². The average molecular weight is 260 g/mol. The van der Waals surface area contributed by atoms with E-state index in [-0.39, 0.29) is 17.1 Å². The van der Waals surface area contributed by atoms with Gasteiger partial charge in [-0.3, -0.25) is 20.2 Å². The molecule has 0 saturated heterocycles. The summed E-state index contributed by atoms with van der Waals surface area (Å²) in [6.45, 7) is 0. The normalized spacial score (nSPS) is 10.1. The van der Waals surface area contributed by atoms with E-state index in [9.17, 15) is 25.3 Å². The molecular weight excluding hydrogens is 252 g/mol. The quantitative estimate of drug-likeness (QED) is 0.674. The second-order valence-corrected chi connectivity index (χ2v) is 3.76. The van der Waals surface area contributed by atoms with E-state index < -0.39 is 9.85 Å². The molecule has 96 valence electrons. The molecule has 7 nitrogen and oxygen atoms in total. The van der Waals surface area contributed by atoms with Crippen LogP contribution in [0.2, 0.25) is 0 Å². The minimum absolute atomic E-state index is 0.0647. The average Bonchev–Trinajstić information content (AvgIpc) is 2.38. The maximum Gasteiger partial charge on any atom is 0.273 e. The Balaban J connectivity index is 2.41. The van der Waals surface area contributed by atoms with Gasteiger partial charge in [-0.05, 0) is 23.8 Å². The number of benzene rings is 2. The molecule has 0 aliphatic carbocycles. The molecule has 2 aromatic rings. The Hall–Kier alpha value is -2.96. The van der Waals surface area contributed by atoms with Crippen LogP contribution in [0.25, 0.3) is 11.1 Å². The van der Waals surface area contributed by atoms with Gasteiger partial charge in [0.05, 0.1) is 15.9 Å². The zero-order valence-corrected chi connectivity index (χ0v) is 9.52. The summed E-state index contributed by atoms with van der Waals surface area (Å²) >= 11 is 0. The number of rotatable bonds is 3. The lowest BCUT2D eigenvalue weighted by Crippen LogP contribution is -1.89. The molecule has 0 heterocycles. The lowest BCUT2D eigenvalue weighted by molar-refractivity contribution is -0.385. The van der Waals surface area contributed by atoms with E-state index in [1.807, 2.05) is 0 Å². The van der Waals surface area contributed by atoms with Crippen molar-refractivity contribution in [1.82, 2.24) is 0 Å². The van der Waals surface area contributed by atoms with E-state index >= 15 is 0 Å². The van der Waals surface area contributed by atoms with E-state index in [1.165, 1.54) is 36.4 Å². The minimum atomic E-state index is -0.612. The van der Waals surface area contributed by atoms with Crippen molar-refractivity contribution in [3.05, 3.63) is 62.7 Å². The molecule has 19 heavy (non-hydrogen) atoms. The molecule has 7 heteroatoms. The smallest absolute Gasteiger partial charge is 0.273 e. The van der Waals surface area contributed by atoms with E-state index in [0.717, 1.165) is 6.07 Å². The van der Waals surface area contributed by atoms with Crippen LogP contribution >= 0.6 is 0 Å². The molecular formula is C12H8N2O5. The Bertz CT molecular complexity index is 652. The van der Waals surface area contributed by atoms with Crippen LogP contribution in [-0.2, 0) is 0 Å². The first kappa shape index (κ1) is 12.5. The molecule has 2 aromatic carbocycles. The highest BCUT2D eigenvalue weighted by molar-refractivity contribution is 5.72. The third-order valence-electron chi connectivity index (χ3n) is 2.58. The first-order valence-corrected chi connectivity index (χ1v) is 5.21. The molecule has 0 unspecified atom stereocenters. The minimum Gasteiger partial charge on any atom is -0.507 e. The number of non-ortho nitro benzene ring substituents is 2. The van der Waals surface area contributed by atoms with Crippen molar-refractivity contribution in [2.24, 2.45) is 0 Å². The molecule has 0 radical (unpaired) electrons. The molecule has 0 aromatic heterocycles. The van der Waals surface area contributed by atoms with Crippen LogP contribution in [0.15, 0.2) is 42.5 Å². The standard InChI is InChI=1S/C12H8N2O5/c15-12-7-10(14(18)19)5-6-11(12)8-1-3-9(4-2-8)13(16)17/h1-7,15H. The second-order valence-electron chi connectivity index (χ2n) is 3.76. The maximum absolute atomic E-state index is 10.5. The van der Waals surface area contributed by atoms with Gasteiger partial charge in [-0.25, -0.2) is 0 Å². The van der Waals surface area contributed by atoms with Crippen molar-refractivity contribution in [3.8, 4) is 16.9 Å². The molecule has 0 atom stereocenters. The number of phenols is 1. The molecule has 0 spiro atoms. The lowest BCUT2D eigenvalue weighted by atomic mass is 10.0. The van der Waals surface area contributed by atoms with E-state index in [4.69, 9.17) is 0 Å². The molecule has 1 N–H and O–H groups in total. The summed E-state index contributed by atoms with van der Waals surface area (Å²) in [5.74, 6) is -0.247. The highest BCUT2D eigenvalue weighted by Gasteiger charge is 2.12. The number of hydrogen-bond donors (Lipinski definition) is 1. The van der Waals surface area contributed by atoms with Gasteiger partial charge < -0.3 is 5.11 Å². The van der Waals surface area contributed by atoms with Crippen LogP contribution in [0.3, 0.4) is 0 Å². The van der Waals surface area contributed by atoms with E-state index in [0.29, 0.717) is 11.1 Å². The Morgan fingerprint density at radius 2 is 1.37 bits per heavy atom. The number of nitro groups is 2. The summed E-state index contributed by atoms with van der Waals surface area (Å²) in [6, 6.07) is 9.24. The molecule has 2 rings (SSSR count). The fourth-order valence-corrected chi connectivity index (χ4v) is 1.64. The summed E-state index contributed by atoms with van der Waals surface area (Å²) in [5.41, 5.74) is 0.631. The van der Waals surface area contributed by atoms with Crippen LogP contribution in [0.4, 0.5) is 11.4 Å². The Labute approximate surface area is 107 Å². The Morgan fingerprint density at radius 3 is 1.84 bits per heavy atom. The van der Waals surface area contributed by atoms with Crippen LogP contribution in [0.5, 0.6) is 5.75 Å². The zero-order chi connectivity index (χ0) is 14.0. The predicted molar refractivity (Wildman–Crippen MR) is 66.9 cm³/mol. The van der Waals surface area contributed by atoms with Crippen molar-refractivity contribution >= 4 is 11.4 Å². The van der Waals surface area contributed by atoms with Gasteiger partial charge in [0.1, 0.15) is 5.75 Å². The summed E-state index contributed by atoms with van der Waals surface area (Å²) in [6.07, 6.45) is 0. The van der Waals surface area contributed by atoms with Crippen molar-refractivity contribution in [1.29, 1.82) is 0 Å². The zero-order valence-electron chi connectivity index (χ0n) is 9.52. The number of phenolic OH excluding ortho intramolecular Hbond substituents is 1. The number of hydrogen-bond acceptors (Lipinski definition) is 5. The summed E-state index contributed by atoms with van der Waals surface area (Å²) in [7, 11) is 0. The first-order valence-electron chi connectivity index (χ1n) is 5.21. The Morgan fingerprint density at radius 1 is 0.842 bits per heavy atom. The van der Waals surface area contributed by atoms with Gasteiger partial charge in [-0.15, -0.1) is 0 Å². The highest BCUT2D eigenvalue weighted by atomic mass is 16.6. The molecule has 0 amide bonds. The van der Waals surface area contributed by atoms with Crippen LogP contribution in [0, 0.1) is 20.2 Å². The lowest BCUT2D eigenvalue weighted by Gasteiger charge is -2.04. The summed E-state index contributed by atoms with van der Waals surface area (Å²) in [4.78, 5) is 19.9. The van der Waals surface area contributed by atoms with Crippen LogP contribution in [-0.4, -0.2) is 15.0 Å². The molecule has 0 bridgehead atoms. The number of nitrogens with zero attached hydrogens (tertiary/aromatic N) is 2. The van der Waals surface area contributed by atoms with Gasteiger partial charge in [-0.1, -0.05) is 0 Å². The third kappa shape index (κ3) is 2.49. The number of nitro benzene ring substituents is 2. The predicted octanol–water partition coefficient (Wildman–Crippen LogP) is 2.88. The third-order valence-corrected chi connectivity index (χ3v) is 2.58. The first-order chi connectivity index (χ1) is 8.99. The van der Waals surface area contributed by atoms with Crippen molar-refractivity contribution < 1.29 is 15.0 Å². The van der Waals surface area contributed by atoms with Gasteiger partial charge in [0, 0.05) is 23.8 Å². The fourth-order valence-electron chi connectivity index (χ4n) is 1.64. The largest absolute Gasteiger partial charge is 0.507 e. The summed E-state index contributed by atoms with van der Waals surface area (Å²) in [5, 5.41) is 30.8. The fraction of sp³-hybridized carbons (Fsp3) is 0. The van der Waals surface area contributed by atoms with Crippen LogP contribution < -0.4 is 0 Å². The van der Waals surface area contributed by atoms with Crippen LogP contribution in [0.1, 0.15) is 0 Å². The highest BCUT2D eigenvalue weighted by Crippen LogP contribution is 2.32. The van der Waals surface area contributed by atoms with Crippen molar-refractivity contribution in [2.75, 3.05) is 0 Å². The summed E-state index contributed by atoms with van der Waals surface area (Å²) < 4.78 is 0. The number of aromatic hydroxyl groups is 1. The monoisotopic (exact) mass is 260 g/mol.